The summed E-state index contributed by atoms with van der Waals surface area (Å²) in [4.78, 5) is 17.7. The number of benzene rings is 1. The summed E-state index contributed by atoms with van der Waals surface area (Å²) < 4.78 is 5.44. The number of hydrogen-bond acceptors (Lipinski definition) is 3. The van der Waals surface area contributed by atoms with E-state index in [1.165, 1.54) is 11.1 Å². The first-order valence-electron chi connectivity index (χ1n) is 12.3. The number of rotatable bonds is 7. The van der Waals surface area contributed by atoms with Crippen LogP contribution in [0.25, 0.3) is 0 Å². The lowest BCUT2D eigenvalue weighted by Gasteiger charge is -2.30. The Morgan fingerprint density at radius 2 is 1.71 bits per heavy atom. The van der Waals surface area contributed by atoms with Gasteiger partial charge in [0.15, 0.2) is 0 Å². The Labute approximate surface area is 188 Å². The molecule has 0 spiro atoms. The normalized spacial score (nSPS) is 26.4. The fourth-order valence-electron chi connectivity index (χ4n) is 5.86. The Morgan fingerprint density at radius 1 is 1.03 bits per heavy atom. The highest BCUT2D eigenvalue weighted by atomic mass is 16.5. The first-order chi connectivity index (χ1) is 14.9. The van der Waals surface area contributed by atoms with Gasteiger partial charge in [0.2, 0.25) is 5.91 Å². The van der Waals surface area contributed by atoms with Gasteiger partial charge in [0.05, 0.1) is 0 Å². The predicted octanol–water partition coefficient (Wildman–Crippen LogP) is 4.50. The van der Waals surface area contributed by atoms with Gasteiger partial charge in [0.25, 0.3) is 0 Å². The molecule has 2 fully saturated rings. The van der Waals surface area contributed by atoms with Crippen LogP contribution >= 0.6 is 0 Å². The average molecular weight is 425 g/mol. The molecule has 3 aliphatic rings. The van der Waals surface area contributed by atoms with Gasteiger partial charge in [-0.25, -0.2) is 0 Å². The zero-order valence-corrected chi connectivity index (χ0v) is 19.8. The van der Waals surface area contributed by atoms with Crippen molar-refractivity contribution in [2.75, 3.05) is 32.8 Å². The summed E-state index contributed by atoms with van der Waals surface area (Å²) >= 11 is 0. The molecule has 2 saturated heterocycles. The zero-order valence-electron chi connectivity index (χ0n) is 19.8. The smallest absolute Gasteiger partial charge is 0.225 e. The van der Waals surface area contributed by atoms with Gasteiger partial charge < -0.3 is 9.64 Å². The molecule has 3 unspecified atom stereocenters. The highest BCUT2D eigenvalue weighted by molar-refractivity contribution is 5.79. The van der Waals surface area contributed by atoms with Gasteiger partial charge >= 0.3 is 0 Å². The van der Waals surface area contributed by atoms with E-state index >= 15 is 0 Å². The molecule has 1 aromatic rings. The van der Waals surface area contributed by atoms with E-state index in [9.17, 15) is 4.79 Å². The molecule has 3 atom stereocenters. The summed E-state index contributed by atoms with van der Waals surface area (Å²) in [6.45, 7) is 13.5. The third kappa shape index (κ3) is 5.06. The van der Waals surface area contributed by atoms with E-state index < -0.39 is 0 Å². The number of nitrogens with zero attached hydrogens (tertiary/aromatic N) is 2. The number of hydrogen-bond donors (Lipinski definition) is 0. The lowest BCUT2D eigenvalue weighted by Crippen LogP contribution is -2.38. The van der Waals surface area contributed by atoms with Crippen LogP contribution in [0.3, 0.4) is 0 Å². The van der Waals surface area contributed by atoms with Crippen molar-refractivity contribution in [3.63, 3.8) is 0 Å². The highest BCUT2D eigenvalue weighted by Crippen LogP contribution is 2.43. The minimum Gasteiger partial charge on any atom is -0.381 e. The predicted molar refractivity (Wildman–Crippen MR) is 126 cm³/mol. The van der Waals surface area contributed by atoms with Gasteiger partial charge in [0.1, 0.15) is 0 Å². The van der Waals surface area contributed by atoms with Gasteiger partial charge in [-0.1, -0.05) is 36.4 Å². The molecule has 170 valence electrons. The third-order valence-corrected chi connectivity index (χ3v) is 7.67. The molecule has 4 rings (SSSR count). The molecular weight excluding hydrogens is 384 g/mol. The van der Waals surface area contributed by atoms with E-state index in [1.807, 2.05) is 0 Å². The van der Waals surface area contributed by atoms with E-state index in [0.717, 1.165) is 52.1 Å². The Kier molecular flexibility index (Phi) is 7.18. The second-order valence-corrected chi connectivity index (χ2v) is 10.3. The Bertz CT molecular complexity index is 756. The summed E-state index contributed by atoms with van der Waals surface area (Å²) in [7, 11) is 0. The summed E-state index contributed by atoms with van der Waals surface area (Å²) in [6, 6.07) is 10.4. The molecule has 0 N–H and O–H groups in total. The number of ether oxygens (including phenoxy) is 1. The fraction of sp³-hybridized carbons (Fsp3) is 0.667. The number of fused-ring (bicyclic) bond motifs is 1. The molecule has 31 heavy (non-hydrogen) atoms. The van der Waals surface area contributed by atoms with E-state index in [1.54, 1.807) is 0 Å². The quantitative estimate of drug-likeness (QED) is 0.604. The van der Waals surface area contributed by atoms with Crippen molar-refractivity contribution in [2.45, 2.75) is 65.0 Å². The third-order valence-electron chi connectivity index (χ3n) is 7.67. The SMILES string of the molecule is CC(C)N(CCc1ccc(C2C=CC3CN(C(=O)C4CCOCC4)CC32)cc1)C(C)C. The van der Waals surface area contributed by atoms with Crippen molar-refractivity contribution in [2.24, 2.45) is 17.8 Å². The van der Waals surface area contributed by atoms with Crippen LogP contribution in [0.1, 0.15) is 57.6 Å². The minimum absolute atomic E-state index is 0.172. The van der Waals surface area contributed by atoms with E-state index in [0.29, 0.717) is 35.7 Å². The topological polar surface area (TPSA) is 32.8 Å². The summed E-state index contributed by atoms with van der Waals surface area (Å²) in [5.74, 6) is 2.02. The minimum atomic E-state index is 0.172. The monoisotopic (exact) mass is 424 g/mol. The van der Waals surface area contributed by atoms with Gasteiger partial charge in [-0.15, -0.1) is 0 Å². The molecule has 0 aromatic heterocycles. The van der Waals surface area contributed by atoms with Crippen molar-refractivity contribution in [1.29, 1.82) is 0 Å². The largest absolute Gasteiger partial charge is 0.381 e. The van der Waals surface area contributed by atoms with Crippen LogP contribution in [0.15, 0.2) is 36.4 Å². The van der Waals surface area contributed by atoms with Gasteiger partial charge in [-0.3, -0.25) is 9.69 Å². The maximum atomic E-state index is 13.0. The van der Waals surface area contributed by atoms with Gasteiger partial charge in [-0.2, -0.15) is 0 Å². The van der Waals surface area contributed by atoms with Crippen LogP contribution < -0.4 is 0 Å². The van der Waals surface area contributed by atoms with E-state index in [4.69, 9.17) is 4.74 Å². The molecular formula is C27H40N2O2. The molecule has 2 heterocycles. The number of likely N-dealkylation sites (tertiary alicyclic amines) is 1. The summed E-state index contributed by atoms with van der Waals surface area (Å²) in [5.41, 5.74) is 2.81. The van der Waals surface area contributed by atoms with Crippen LogP contribution in [0, 0.1) is 17.8 Å². The lowest BCUT2D eigenvalue weighted by atomic mass is 9.85. The molecule has 0 bridgehead atoms. The Hall–Kier alpha value is -1.65. The Balaban J connectivity index is 1.35. The van der Waals surface area contributed by atoms with Crippen LogP contribution in [0.4, 0.5) is 0 Å². The van der Waals surface area contributed by atoms with Crippen molar-refractivity contribution in [3.8, 4) is 0 Å². The second-order valence-electron chi connectivity index (χ2n) is 10.3. The van der Waals surface area contributed by atoms with Crippen LogP contribution in [-0.4, -0.2) is 60.6 Å². The van der Waals surface area contributed by atoms with E-state index in [2.05, 4.69) is 73.9 Å². The van der Waals surface area contributed by atoms with E-state index in [-0.39, 0.29) is 5.92 Å². The molecule has 0 saturated carbocycles. The van der Waals surface area contributed by atoms with Gasteiger partial charge in [-0.05, 0) is 69.9 Å². The number of allylic oxidation sites excluding steroid dienone is 1. The first-order valence-corrected chi connectivity index (χ1v) is 12.3. The molecule has 1 aliphatic carbocycles. The van der Waals surface area contributed by atoms with Crippen molar-refractivity contribution < 1.29 is 9.53 Å². The molecule has 4 nitrogen and oxygen atoms in total. The maximum absolute atomic E-state index is 13.0. The van der Waals surface area contributed by atoms with Crippen LogP contribution in [0.2, 0.25) is 0 Å². The average Bonchev–Trinajstić information content (AvgIpc) is 3.35. The molecule has 1 amide bonds. The van der Waals surface area contributed by atoms with Crippen LogP contribution in [0.5, 0.6) is 0 Å². The maximum Gasteiger partial charge on any atom is 0.225 e. The fourth-order valence-corrected chi connectivity index (χ4v) is 5.86. The summed E-state index contributed by atoms with van der Waals surface area (Å²) in [6.07, 6.45) is 7.62. The van der Waals surface area contributed by atoms with Crippen LogP contribution in [-0.2, 0) is 16.0 Å². The first kappa shape index (κ1) is 22.5. The zero-order chi connectivity index (χ0) is 22.0. The second kappa shape index (κ2) is 9.87. The molecule has 1 aromatic carbocycles. The summed E-state index contributed by atoms with van der Waals surface area (Å²) in [5, 5.41) is 0. The Morgan fingerprint density at radius 3 is 2.35 bits per heavy atom. The van der Waals surface area contributed by atoms with Crippen molar-refractivity contribution >= 4 is 5.91 Å². The lowest BCUT2D eigenvalue weighted by molar-refractivity contribution is -0.137. The number of carbonyl (C=O) groups excluding carboxylic acids is 1. The molecule has 4 heteroatoms. The van der Waals surface area contributed by atoms with Crippen molar-refractivity contribution in [1.82, 2.24) is 9.80 Å². The number of carbonyl (C=O) groups is 1. The molecule has 2 aliphatic heterocycles. The van der Waals surface area contributed by atoms with Gasteiger partial charge in [0, 0.05) is 56.8 Å². The van der Waals surface area contributed by atoms with Crippen molar-refractivity contribution in [3.05, 3.63) is 47.5 Å². The molecule has 0 radical (unpaired) electrons. The highest BCUT2D eigenvalue weighted by Gasteiger charge is 2.42. The standard InChI is InChI=1S/C27H40N2O2/c1-19(2)29(20(3)4)14-11-21-5-7-22(8-6-21)25-10-9-24-17-28(18-26(24)25)27(30)23-12-15-31-16-13-23/h5-10,19-20,23-26H,11-18H2,1-4H3. The number of amides is 1.